The second-order valence-corrected chi connectivity index (χ2v) is 9.32. The number of guanidine groups is 1. The minimum absolute atomic E-state index is 0.344. The SMILES string of the molecule is CN=C(NCc1ccc(C)cc1)NCc1ccc(S(=O)(=O)N(C)C)s1. The van der Waals surface area contributed by atoms with Gasteiger partial charge in [0.25, 0.3) is 10.0 Å². The van der Waals surface area contributed by atoms with Gasteiger partial charge in [-0.25, -0.2) is 12.7 Å². The van der Waals surface area contributed by atoms with Crippen LogP contribution in [0.4, 0.5) is 0 Å². The quantitative estimate of drug-likeness (QED) is 0.595. The number of thiophene rings is 1. The summed E-state index contributed by atoms with van der Waals surface area (Å²) in [6.45, 7) is 3.25. The van der Waals surface area contributed by atoms with Crippen LogP contribution in [-0.4, -0.2) is 39.8 Å². The van der Waals surface area contributed by atoms with Crippen molar-refractivity contribution in [1.82, 2.24) is 14.9 Å². The van der Waals surface area contributed by atoms with E-state index in [1.54, 1.807) is 13.1 Å². The van der Waals surface area contributed by atoms with Crippen LogP contribution in [0.25, 0.3) is 0 Å². The molecule has 2 rings (SSSR count). The zero-order valence-electron chi connectivity index (χ0n) is 14.9. The molecule has 0 radical (unpaired) electrons. The lowest BCUT2D eigenvalue weighted by Crippen LogP contribution is -2.36. The minimum atomic E-state index is -3.37. The van der Waals surface area contributed by atoms with Crippen molar-refractivity contribution in [3.05, 3.63) is 52.4 Å². The third-order valence-corrected chi connectivity index (χ3v) is 6.97. The monoisotopic (exact) mass is 380 g/mol. The van der Waals surface area contributed by atoms with Gasteiger partial charge in [-0.15, -0.1) is 11.3 Å². The summed E-state index contributed by atoms with van der Waals surface area (Å²) in [6.07, 6.45) is 0. The summed E-state index contributed by atoms with van der Waals surface area (Å²) in [5.41, 5.74) is 2.40. The molecule has 6 nitrogen and oxygen atoms in total. The maximum absolute atomic E-state index is 12.1. The highest BCUT2D eigenvalue weighted by molar-refractivity contribution is 7.91. The summed E-state index contributed by atoms with van der Waals surface area (Å²) >= 11 is 1.26. The van der Waals surface area contributed by atoms with Crippen molar-refractivity contribution >= 4 is 27.3 Å². The van der Waals surface area contributed by atoms with E-state index >= 15 is 0 Å². The molecule has 0 saturated heterocycles. The minimum Gasteiger partial charge on any atom is -0.352 e. The average Bonchev–Trinajstić information content (AvgIpc) is 3.06. The first-order valence-corrected chi connectivity index (χ1v) is 10.1. The molecule has 2 aromatic rings. The molecule has 0 aliphatic rings. The smallest absolute Gasteiger partial charge is 0.252 e. The molecule has 8 heteroatoms. The van der Waals surface area contributed by atoms with Crippen LogP contribution in [0.2, 0.25) is 0 Å². The lowest BCUT2D eigenvalue weighted by atomic mass is 10.1. The Kier molecular flexibility index (Phi) is 6.57. The molecule has 0 spiro atoms. The van der Waals surface area contributed by atoms with Crippen molar-refractivity contribution in [2.45, 2.75) is 24.2 Å². The molecule has 0 amide bonds. The first kappa shape index (κ1) is 19.4. The van der Waals surface area contributed by atoms with Crippen LogP contribution in [0.5, 0.6) is 0 Å². The van der Waals surface area contributed by atoms with Crippen LogP contribution in [-0.2, 0) is 23.1 Å². The standard InChI is InChI=1S/C17H24N4O2S2/c1-13-5-7-14(8-6-13)11-19-17(18-2)20-12-15-9-10-16(24-15)25(22,23)21(3)4/h5-10H,11-12H2,1-4H3,(H2,18,19,20). The van der Waals surface area contributed by atoms with E-state index in [2.05, 4.69) is 46.8 Å². The van der Waals surface area contributed by atoms with Crippen molar-refractivity contribution in [3.8, 4) is 0 Å². The molecule has 1 aromatic heterocycles. The zero-order valence-corrected chi connectivity index (χ0v) is 16.5. The van der Waals surface area contributed by atoms with Gasteiger partial charge in [0.1, 0.15) is 4.21 Å². The van der Waals surface area contributed by atoms with Crippen molar-refractivity contribution in [2.24, 2.45) is 4.99 Å². The lowest BCUT2D eigenvalue weighted by Gasteiger charge is -2.11. The van der Waals surface area contributed by atoms with Gasteiger partial charge in [0.15, 0.2) is 5.96 Å². The van der Waals surface area contributed by atoms with Gasteiger partial charge in [-0.05, 0) is 24.6 Å². The normalized spacial score (nSPS) is 12.4. The largest absolute Gasteiger partial charge is 0.352 e. The third-order valence-electron chi connectivity index (χ3n) is 3.61. The van der Waals surface area contributed by atoms with Gasteiger partial charge in [0, 0.05) is 32.6 Å². The molecule has 136 valence electrons. The second kappa shape index (κ2) is 8.46. The van der Waals surface area contributed by atoms with E-state index < -0.39 is 10.0 Å². The Labute approximate surface area is 153 Å². The van der Waals surface area contributed by atoms with Crippen LogP contribution in [0.15, 0.2) is 45.6 Å². The molecule has 1 heterocycles. The summed E-state index contributed by atoms with van der Waals surface area (Å²) in [4.78, 5) is 5.12. The van der Waals surface area contributed by atoms with Gasteiger partial charge >= 0.3 is 0 Å². The molecule has 0 aliphatic heterocycles. The lowest BCUT2D eigenvalue weighted by molar-refractivity contribution is 0.523. The molecular weight excluding hydrogens is 356 g/mol. The molecule has 0 aliphatic carbocycles. The first-order chi connectivity index (χ1) is 11.8. The van der Waals surface area contributed by atoms with Crippen molar-refractivity contribution in [3.63, 3.8) is 0 Å². The number of rotatable bonds is 6. The van der Waals surface area contributed by atoms with E-state index in [9.17, 15) is 8.42 Å². The number of aryl methyl sites for hydroxylation is 1. The summed E-state index contributed by atoms with van der Waals surface area (Å²) in [7, 11) is 1.40. The zero-order chi connectivity index (χ0) is 18.4. The highest BCUT2D eigenvalue weighted by atomic mass is 32.2. The Hall–Kier alpha value is -1.90. The molecule has 0 fully saturated rings. The maximum atomic E-state index is 12.1. The fourth-order valence-corrected chi connectivity index (χ4v) is 4.52. The molecule has 0 atom stereocenters. The number of hydrogen-bond acceptors (Lipinski definition) is 4. The summed E-state index contributed by atoms with van der Waals surface area (Å²) in [6, 6.07) is 11.8. The van der Waals surface area contributed by atoms with Crippen LogP contribution in [0.3, 0.4) is 0 Å². The molecule has 0 bridgehead atoms. The van der Waals surface area contributed by atoms with E-state index in [1.807, 2.05) is 6.07 Å². The molecule has 25 heavy (non-hydrogen) atoms. The molecular formula is C17H24N4O2S2. The van der Waals surface area contributed by atoms with Gasteiger partial charge in [-0.2, -0.15) is 0 Å². The van der Waals surface area contributed by atoms with Gasteiger partial charge in [-0.3, -0.25) is 4.99 Å². The topological polar surface area (TPSA) is 73.8 Å². The molecule has 0 unspecified atom stereocenters. The van der Waals surface area contributed by atoms with E-state index in [0.717, 1.165) is 4.88 Å². The summed E-state index contributed by atoms with van der Waals surface area (Å²) in [5.74, 6) is 0.672. The fourth-order valence-electron chi connectivity index (χ4n) is 2.05. The number of nitrogens with one attached hydrogen (secondary N) is 2. The van der Waals surface area contributed by atoms with Gasteiger partial charge < -0.3 is 10.6 Å². The third kappa shape index (κ3) is 5.29. The number of nitrogens with zero attached hydrogens (tertiary/aromatic N) is 2. The van der Waals surface area contributed by atoms with Crippen LogP contribution < -0.4 is 10.6 Å². The first-order valence-electron chi connectivity index (χ1n) is 7.84. The van der Waals surface area contributed by atoms with Crippen molar-refractivity contribution in [2.75, 3.05) is 21.1 Å². The van der Waals surface area contributed by atoms with E-state index in [-0.39, 0.29) is 0 Å². The average molecular weight is 381 g/mol. The van der Waals surface area contributed by atoms with E-state index in [4.69, 9.17) is 0 Å². The summed E-state index contributed by atoms with van der Waals surface area (Å²) in [5, 5.41) is 6.45. The Bertz CT molecular complexity index is 825. The van der Waals surface area contributed by atoms with Gasteiger partial charge in [-0.1, -0.05) is 29.8 Å². The summed E-state index contributed by atoms with van der Waals surface area (Å²) < 4.78 is 25.8. The van der Waals surface area contributed by atoms with Crippen molar-refractivity contribution < 1.29 is 8.42 Å². The highest BCUT2D eigenvalue weighted by Crippen LogP contribution is 2.23. The van der Waals surface area contributed by atoms with Gasteiger partial charge in [0.05, 0.1) is 6.54 Å². The second-order valence-electron chi connectivity index (χ2n) is 5.77. The molecule has 1 aromatic carbocycles. The van der Waals surface area contributed by atoms with E-state index in [1.165, 1.54) is 40.9 Å². The Morgan fingerprint density at radius 2 is 1.72 bits per heavy atom. The number of hydrogen-bond donors (Lipinski definition) is 2. The predicted molar refractivity (Wildman–Crippen MR) is 103 cm³/mol. The highest BCUT2D eigenvalue weighted by Gasteiger charge is 2.19. The number of sulfonamides is 1. The number of aliphatic imine (C=N–C) groups is 1. The molecule has 2 N–H and O–H groups in total. The van der Waals surface area contributed by atoms with Gasteiger partial charge in [0.2, 0.25) is 0 Å². The van der Waals surface area contributed by atoms with Crippen molar-refractivity contribution in [1.29, 1.82) is 0 Å². The Morgan fingerprint density at radius 1 is 1.08 bits per heavy atom. The predicted octanol–water partition coefficient (Wildman–Crippen LogP) is 2.17. The van der Waals surface area contributed by atoms with Crippen LogP contribution >= 0.6 is 11.3 Å². The van der Waals surface area contributed by atoms with Crippen LogP contribution in [0.1, 0.15) is 16.0 Å². The van der Waals surface area contributed by atoms with E-state index in [0.29, 0.717) is 23.3 Å². The number of benzene rings is 1. The molecule has 0 saturated carbocycles. The fraction of sp³-hybridized carbons (Fsp3) is 0.353. The maximum Gasteiger partial charge on any atom is 0.252 e. The Morgan fingerprint density at radius 3 is 2.32 bits per heavy atom. The Balaban J connectivity index is 1.91. The van der Waals surface area contributed by atoms with Crippen LogP contribution in [0, 0.1) is 6.92 Å².